The van der Waals surface area contributed by atoms with E-state index in [1.165, 1.54) is 18.2 Å². The van der Waals surface area contributed by atoms with E-state index in [0.717, 1.165) is 48.2 Å². The number of rotatable bonds is 4. The van der Waals surface area contributed by atoms with E-state index in [-0.39, 0.29) is 10.9 Å². The highest BCUT2D eigenvalue weighted by molar-refractivity contribution is 6.31. The number of carbonyl (C=O) groups is 1. The SMILES string of the molecule is O=C(c1ccc(F)c(Cl)c1)N1CCC(N2CC(n3cc(-c4ncnc5[nH]ccc45)cn3)C2)CC1. The van der Waals surface area contributed by atoms with Gasteiger partial charge in [0.15, 0.2) is 0 Å². The average Bonchev–Trinajstić information content (AvgIpc) is 3.50. The van der Waals surface area contributed by atoms with E-state index in [0.29, 0.717) is 30.7 Å². The van der Waals surface area contributed by atoms with Gasteiger partial charge in [0, 0.05) is 61.1 Å². The van der Waals surface area contributed by atoms with Crippen molar-refractivity contribution < 1.29 is 9.18 Å². The molecule has 5 heterocycles. The van der Waals surface area contributed by atoms with Crippen LogP contribution in [0.2, 0.25) is 5.02 Å². The summed E-state index contributed by atoms with van der Waals surface area (Å²) in [7, 11) is 0. The molecular formula is C24H23ClFN7O. The fourth-order valence-corrected chi connectivity index (χ4v) is 5.14. The quantitative estimate of drug-likeness (QED) is 0.481. The third kappa shape index (κ3) is 3.74. The number of piperidine rings is 1. The van der Waals surface area contributed by atoms with Crippen LogP contribution in [0, 0.1) is 5.82 Å². The molecule has 2 aliphatic heterocycles. The Kier molecular flexibility index (Phi) is 5.30. The zero-order chi connectivity index (χ0) is 23.2. The molecular weight excluding hydrogens is 457 g/mol. The van der Waals surface area contributed by atoms with Crippen LogP contribution in [0.1, 0.15) is 29.2 Å². The molecule has 8 nitrogen and oxygen atoms in total. The first-order valence-corrected chi connectivity index (χ1v) is 11.8. The number of fused-ring (bicyclic) bond motifs is 1. The molecule has 0 aliphatic carbocycles. The molecule has 2 aliphatic rings. The first-order chi connectivity index (χ1) is 16.6. The summed E-state index contributed by atoms with van der Waals surface area (Å²) >= 11 is 5.84. The summed E-state index contributed by atoms with van der Waals surface area (Å²) in [5, 5.41) is 5.56. The number of hydrogen-bond donors (Lipinski definition) is 1. The van der Waals surface area contributed by atoms with E-state index in [1.807, 2.05) is 28.0 Å². The molecule has 0 bridgehead atoms. The predicted octanol–water partition coefficient (Wildman–Crippen LogP) is 3.78. The van der Waals surface area contributed by atoms with Gasteiger partial charge in [-0.2, -0.15) is 5.10 Å². The number of halogens is 2. The molecule has 1 aromatic carbocycles. The van der Waals surface area contributed by atoms with Gasteiger partial charge in [-0.3, -0.25) is 14.4 Å². The number of benzene rings is 1. The minimum absolute atomic E-state index is 0.0219. The standard InChI is InChI=1S/C24H23ClFN7O/c25-20-9-15(1-2-21(20)26)24(34)31-7-4-17(5-8-31)32-12-18(13-32)33-11-16(10-30-33)22-19-3-6-27-23(19)29-14-28-22/h1-3,6,9-11,14,17-18H,4-5,7-8,12-13H2,(H,27,28,29). The Labute approximate surface area is 200 Å². The van der Waals surface area contributed by atoms with E-state index >= 15 is 0 Å². The molecule has 0 spiro atoms. The number of aromatic amines is 1. The molecule has 174 valence electrons. The number of amides is 1. The van der Waals surface area contributed by atoms with Crippen molar-refractivity contribution in [3.63, 3.8) is 0 Å². The van der Waals surface area contributed by atoms with Gasteiger partial charge in [0.25, 0.3) is 5.91 Å². The Morgan fingerprint density at radius 2 is 1.94 bits per heavy atom. The lowest BCUT2D eigenvalue weighted by atomic mass is 9.97. The molecule has 10 heteroatoms. The Bertz CT molecular complexity index is 1350. The van der Waals surface area contributed by atoms with Crippen molar-refractivity contribution in [2.24, 2.45) is 0 Å². The van der Waals surface area contributed by atoms with Crippen molar-refractivity contribution in [3.05, 3.63) is 65.6 Å². The maximum atomic E-state index is 13.4. The molecule has 34 heavy (non-hydrogen) atoms. The van der Waals surface area contributed by atoms with Gasteiger partial charge < -0.3 is 9.88 Å². The maximum absolute atomic E-state index is 13.4. The van der Waals surface area contributed by atoms with Crippen LogP contribution < -0.4 is 0 Å². The van der Waals surface area contributed by atoms with Crippen LogP contribution in [0.4, 0.5) is 4.39 Å². The maximum Gasteiger partial charge on any atom is 0.253 e. The third-order valence-electron chi connectivity index (χ3n) is 6.93. The third-order valence-corrected chi connectivity index (χ3v) is 7.22. The summed E-state index contributed by atoms with van der Waals surface area (Å²) in [6.07, 6.45) is 9.20. The minimum Gasteiger partial charge on any atom is -0.346 e. The van der Waals surface area contributed by atoms with Crippen molar-refractivity contribution in [2.75, 3.05) is 26.2 Å². The van der Waals surface area contributed by atoms with Crippen LogP contribution in [-0.4, -0.2) is 72.7 Å². The Hall–Kier alpha value is -3.30. The first kappa shape index (κ1) is 21.2. The zero-order valence-corrected chi connectivity index (χ0v) is 19.1. The monoisotopic (exact) mass is 479 g/mol. The minimum atomic E-state index is -0.511. The molecule has 1 amide bonds. The summed E-state index contributed by atoms with van der Waals surface area (Å²) in [4.78, 5) is 28.9. The van der Waals surface area contributed by atoms with Crippen molar-refractivity contribution >= 4 is 28.5 Å². The van der Waals surface area contributed by atoms with Crippen LogP contribution in [-0.2, 0) is 0 Å². The summed E-state index contributed by atoms with van der Waals surface area (Å²) in [6.45, 7) is 3.26. The van der Waals surface area contributed by atoms with Crippen LogP contribution >= 0.6 is 11.6 Å². The number of hydrogen-bond acceptors (Lipinski definition) is 5. The van der Waals surface area contributed by atoms with Gasteiger partial charge in [-0.15, -0.1) is 0 Å². The van der Waals surface area contributed by atoms with E-state index in [2.05, 4.69) is 31.1 Å². The van der Waals surface area contributed by atoms with Crippen molar-refractivity contribution in [2.45, 2.75) is 24.9 Å². The Balaban J connectivity index is 1.05. The lowest BCUT2D eigenvalue weighted by molar-refractivity contribution is 0.0198. The highest BCUT2D eigenvalue weighted by Gasteiger charge is 2.36. The fraction of sp³-hybridized carbons (Fsp3) is 0.333. The molecule has 0 atom stereocenters. The normalized spacial score (nSPS) is 17.9. The van der Waals surface area contributed by atoms with Crippen LogP contribution in [0.3, 0.4) is 0 Å². The largest absolute Gasteiger partial charge is 0.346 e. The van der Waals surface area contributed by atoms with Gasteiger partial charge >= 0.3 is 0 Å². The number of carbonyl (C=O) groups excluding carboxylic acids is 1. The zero-order valence-electron chi connectivity index (χ0n) is 18.4. The Morgan fingerprint density at radius 3 is 2.74 bits per heavy atom. The number of aromatic nitrogens is 5. The van der Waals surface area contributed by atoms with E-state index in [9.17, 15) is 9.18 Å². The molecule has 1 N–H and O–H groups in total. The van der Waals surface area contributed by atoms with E-state index in [1.54, 1.807) is 6.33 Å². The number of nitrogens with one attached hydrogen (secondary N) is 1. The smallest absolute Gasteiger partial charge is 0.253 e. The number of likely N-dealkylation sites (tertiary alicyclic amines) is 2. The van der Waals surface area contributed by atoms with E-state index in [4.69, 9.17) is 11.6 Å². The van der Waals surface area contributed by atoms with Crippen molar-refractivity contribution in [1.82, 2.24) is 34.5 Å². The van der Waals surface area contributed by atoms with Gasteiger partial charge in [0.1, 0.15) is 17.8 Å². The second kappa shape index (κ2) is 8.48. The highest BCUT2D eigenvalue weighted by atomic mass is 35.5. The second-order valence-electron chi connectivity index (χ2n) is 8.93. The molecule has 0 unspecified atom stereocenters. The van der Waals surface area contributed by atoms with Crippen LogP contribution in [0.25, 0.3) is 22.3 Å². The second-order valence-corrected chi connectivity index (χ2v) is 9.34. The van der Waals surface area contributed by atoms with E-state index < -0.39 is 5.82 Å². The molecule has 2 saturated heterocycles. The van der Waals surface area contributed by atoms with Gasteiger partial charge in [-0.05, 0) is 37.1 Å². The summed E-state index contributed by atoms with van der Waals surface area (Å²) < 4.78 is 15.4. The van der Waals surface area contributed by atoms with Crippen LogP contribution in [0.5, 0.6) is 0 Å². The van der Waals surface area contributed by atoms with Crippen molar-refractivity contribution in [3.8, 4) is 11.3 Å². The first-order valence-electron chi connectivity index (χ1n) is 11.4. The molecule has 2 fully saturated rings. The lowest BCUT2D eigenvalue weighted by Gasteiger charge is -2.47. The lowest BCUT2D eigenvalue weighted by Crippen LogP contribution is -2.56. The molecule has 4 aromatic rings. The van der Waals surface area contributed by atoms with Gasteiger partial charge in [-0.25, -0.2) is 14.4 Å². The van der Waals surface area contributed by atoms with Gasteiger partial charge in [0.05, 0.1) is 23.0 Å². The molecule has 6 rings (SSSR count). The average molecular weight is 480 g/mol. The van der Waals surface area contributed by atoms with Crippen molar-refractivity contribution in [1.29, 1.82) is 0 Å². The molecule has 0 saturated carbocycles. The number of nitrogens with zero attached hydrogens (tertiary/aromatic N) is 6. The predicted molar refractivity (Wildman–Crippen MR) is 126 cm³/mol. The molecule has 0 radical (unpaired) electrons. The Morgan fingerprint density at radius 1 is 1.12 bits per heavy atom. The van der Waals surface area contributed by atoms with Gasteiger partial charge in [0.2, 0.25) is 0 Å². The topological polar surface area (TPSA) is 82.9 Å². The van der Waals surface area contributed by atoms with Gasteiger partial charge in [-0.1, -0.05) is 11.6 Å². The molecule has 3 aromatic heterocycles. The van der Waals surface area contributed by atoms with Crippen LogP contribution in [0.15, 0.2) is 49.2 Å². The summed E-state index contributed by atoms with van der Waals surface area (Å²) in [5.41, 5.74) is 3.12. The summed E-state index contributed by atoms with van der Waals surface area (Å²) in [5.74, 6) is -0.601. The number of H-pyrrole nitrogens is 1. The summed E-state index contributed by atoms with van der Waals surface area (Å²) in [6, 6.07) is 6.92. The highest BCUT2D eigenvalue weighted by Crippen LogP contribution is 2.31. The fourth-order valence-electron chi connectivity index (χ4n) is 4.96.